The van der Waals surface area contributed by atoms with E-state index in [0.717, 1.165) is 0 Å². The highest BCUT2D eigenvalue weighted by molar-refractivity contribution is 5.95. The average Bonchev–Trinajstić information content (AvgIpc) is 2.48. The molecule has 2 heterocycles. The fraction of sp³-hybridized carbons (Fsp3) is 0.538. The maximum absolute atomic E-state index is 12.5. The van der Waals surface area contributed by atoms with Crippen LogP contribution in [0.15, 0.2) is 6.07 Å². The van der Waals surface area contributed by atoms with Gasteiger partial charge in [-0.2, -0.15) is 10.2 Å². The Morgan fingerprint density at radius 2 is 2.15 bits per heavy atom. The van der Waals surface area contributed by atoms with Crippen molar-refractivity contribution in [2.24, 2.45) is 0 Å². The number of esters is 1. The lowest BCUT2D eigenvalue weighted by Gasteiger charge is -2.31. The summed E-state index contributed by atoms with van der Waals surface area (Å²) in [5, 5.41) is 7.85. The highest BCUT2D eigenvalue weighted by atomic mass is 16.6. The van der Waals surface area contributed by atoms with Crippen LogP contribution in [0.3, 0.4) is 0 Å². The number of carbonyl (C=O) groups is 2. The molecule has 0 N–H and O–H groups in total. The maximum atomic E-state index is 12.5. The van der Waals surface area contributed by atoms with E-state index in [1.807, 2.05) is 0 Å². The monoisotopic (exact) mass is 279 g/mol. The first-order valence-corrected chi connectivity index (χ1v) is 6.32. The minimum Gasteiger partial charge on any atom is -0.467 e. The largest absolute Gasteiger partial charge is 0.467 e. The topological polar surface area (TPSA) is 81.6 Å². The van der Waals surface area contributed by atoms with Crippen molar-refractivity contribution in [2.75, 3.05) is 26.8 Å². The van der Waals surface area contributed by atoms with E-state index in [2.05, 4.69) is 14.9 Å². The van der Waals surface area contributed by atoms with Gasteiger partial charge in [0, 0.05) is 6.54 Å². The van der Waals surface area contributed by atoms with Crippen LogP contribution in [0.1, 0.15) is 21.7 Å². The lowest BCUT2D eigenvalue weighted by Crippen LogP contribution is -2.49. The van der Waals surface area contributed by atoms with Crippen molar-refractivity contribution in [1.82, 2.24) is 15.1 Å². The molecule has 1 saturated heterocycles. The van der Waals surface area contributed by atoms with E-state index in [9.17, 15) is 9.59 Å². The molecule has 2 rings (SSSR count). The second-order valence-corrected chi connectivity index (χ2v) is 4.62. The quantitative estimate of drug-likeness (QED) is 0.715. The maximum Gasteiger partial charge on any atom is 0.336 e. The zero-order chi connectivity index (χ0) is 14.7. The van der Waals surface area contributed by atoms with E-state index in [0.29, 0.717) is 30.1 Å². The van der Waals surface area contributed by atoms with Gasteiger partial charge in [-0.3, -0.25) is 4.79 Å². The summed E-state index contributed by atoms with van der Waals surface area (Å²) in [5.74, 6) is -0.638. The number of aryl methyl sites for hydroxylation is 2. The summed E-state index contributed by atoms with van der Waals surface area (Å²) in [5.41, 5.74) is 1.75. The molecule has 0 aromatic carbocycles. The molecule has 0 radical (unpaired) electrons. The summed E-state index contributed by atoms with van der Waals surface area (Å²) in [7, 11) is 1.30. The van der Waals surface area contributed by atoms with Crippen LogP contribution < -0.4 is 0 Å². The molecule has 1 aliphatic rings. The second-order valence-electron chi connectivity index (χ2n) is 4.62. The predicted molar refractivity (Wildman–Crippen MR) is 69.2 cm³/mol. The Morgan fingerprint density at radius 1 is 1.40 bits per heavy atom. The first kappa shape index (κ1) is 14.4. The van der Waals surface area contributed by atoms with Gasteiger partial charge in [0.15, 0.2) is 6.10 Å². The minimum atomic E-state index is -0.728. The Bertz CT molecular complexity index is 532. The van der Waals surface area contributed by atoms with Crippen molar-refractivity contribution in [3.63, 3.8) is 0 Å². The molecular weight excluding hydrogens is 262 g/mol. The van der Waals surface area contributed by atoms with Gasteiger partial charge >= 0.3 is 5.97 Å². The van der Waals surface area contributed by atoms with Gasteiger partial charge in [-0.05, 0) is 19.9 Å². The zero-order valence-corrected chi connectivity index (χ0v) is 11.8. The van der Waals surface area contributed by atoms with Gasteiger partial charge in [-0.15, -0.1) is 0 Å². The second kappa shape index (κ2) is 5.96. The smallest absolute Gasteiger partial charge is 0.336 e. The molecule has 1 amide bonds. The molecular formula is C13H17N3O4. The van der Waals surface area contributed by atoms with Crippen LogP contribution in [0, 0.1) is 13.8 Å². The van der Waals surface area contributed by atoms with Crippen molar-refractivity contribution in [3.8, 4) is 0 Å². The summed E-state index contributed by atoms with van der Waals surface area (Å²) in [4.78, 5) is 25.5. The van der Waals surface area contributed by atoms with E-state index in [1.165, 1.54) is 7.11 Å². The first-order valence-electron chi connectivity index (χ1n) is 6.32. The Balaban J connectivity index is 2.16. The van der Waals surface area contributed by atoms with Crippen LogP contribution in [0.5, 0.6) is 0 Å². The fourth-order valence-corrected chi connectivity index (χ4v) is 2.04. The lowest BCUT2D eigenvalue weighted by molar-refractivity contribution is -0.158. The van der Waals surface area contributed by atoms with Crippen LogP contribution in [-0.4, -0.2) is 59.9 Å². The molecule has 1 atom stereocenters. The Kier molecular flexibility index (Phi) is 4.29. The Morgan fingerprint density at radius 3 is 2.85 bits per heavy atom. The van der Waals surface area contributed by atoms with Gasteiger partial charge in [0.25, 0.3) is 5.91 Å². The third kappa shape index (κ3) is 2.93. The van der Waals surface area contributed by atoms with Crippen LogP contribution >= 0.6 is 0 Å². The van der Waals surface area contributed by atoms with Gasteiger partial charge in [0.05, 0.1) is 37.2 Å². The van der Waals surface area contributed by atoms with Crippen LogP contribution in [-0.2, 0) is 14.3 Å². The number of morpholine rings is 1. The first-order chi connectivity index (χ1) is 9.52. The molecule has 1 aliphatic heterocycles. The number of nitrogens with zero attached hydrogens (tertiary/aromatic N) is 3. The molecule has 0 saturated carbocycles. The van der Waals surface area contributed by atoms with Crippen LogP contribution in [0.4, 0.5) is 0 Å². The minimum absolute atomic E-state index is 0.169. The predicted octanol–water partition coefficient (Wildman–Crippen LogP) is 0.107. The summed E-state index contributed by atoms with van der Waals surface area (Å²) in [6, 6.07) is 1.70. The van der Waals surface area contributed by atoms with E-state index in [-0.39, 0.29) is 12.5 Å². The number of hydrogen-bond donors (Lipinski definition) is 0. The number of hydrogen-bond acceptors (Lipinski definition) is 6. The third-order valence-corrected chi connectivity index (χ3v) is 3.15. The fourth-order valence-electron chi connectivity index (χ4n) is 2.04. The molecule has 1 unspecified atom stereocenters. The molecule has 0 bridgehead atoms. The summed E-state index contributed by atoms with van der Waals surface area (Å²) < 4.78 is 9.95. The number of amides is 1. The van der Waals surface area contributed by atoms with Crippen LogP contribution in [0.25, 0.3) is 0 Å². The van der Waals surface area contributed by atoms with Crippen molar-refractivity contribution in [2.45, 2.75) is 20.0 Å². The lowest BCUT2D eigenvalue weighted by atomic mass is 10.1. The zero-order valence-electron chi connectivity index (χ0n) is 11.8. The molecule has 0 spiro atoms. The number of rotatable bonds is 2. The van der Waals surface area contributed by atoms with Crippen molar-refractivity contribution in [1.29, 1.82) is 0 Å². The summed E-state index contributed by atoms with van der Waals surface area (Å²) in [6.45, 7) is 4.44. The molecule has 1 aromatic rings. The van der Waals surface area contributed by atoms with Crippen molar-refractivity contribution >= 4 is 11.9 Å². The van der Waals surface area contributed by atoms with Crippen molar-refractivity contribution < 1.29 is 19.1 Å². The van der Waals surface area contributed by atoms with E-state index in [4.69, 9.17) is 4.74 Å². The highest BCUT2D eigenvalue weighted by Crippen LogP contribution is 2.13. The Labute approximate surface area is 116 Å². The van der Waals surface area contributed by atoms with E-state index >= 15 is 0 Å². The SMILES string of the molecule is COC(=O)C1CN(C(=O)c2cc(C)nnc2C)CCO1. The summed E-state index contributed by atoms with van der Waals surface area (Å²) in [6.07, 6.45) is -0.728. The molecule has 0 aliphatic carbocycles. The molecule has 1 fully saturated rings. The highest BCUT2D eigenvalue weighted by Gasteiger charge is 2.31. The van der Waals surface area contributed by atoms with Gasteiger partial charge < -0.3 is 14.4 Å². The number of carbonyl (C=O) groups excluding carboxylic acids is 2. The molecule has 7 nitrogen and oxygen atoms in total. The van der Waals surface area contributed by atoms with Crippen LogP contribution in [0.2, 0.25) is 0 Å². The van der Waals surface area contributed by atoms with Gasteiger partial charge in [-0.1, -0.05) is 0 Å². The summed E-state index contributed by atoms with van der Waals surface area (Å²) >= 11 is 0. The third-order valence-electron chi connectivity index (χ3n) is 3.15. The number of ether oxygens (including phenoxy) is 2. The molecule has 7 heteroatoms. The molecule has 108 valence electrons. The molecule has 20 heavy (non-hydrogen) atoms. The molecule has 1 aromatic heterocycles. The van der Waals surface area contributed by atoms with E-state index in [1.54, 1.807) is 24.8 Å². The number of aromatic nitrogens is 2. The standard InChI is InChI=1S/C13H17N3O4/c1-8-6-10(9(2)15-14-8)12(17)16-4-5-20-11(7-16)13(18)19-3/h6,11H,4-5,7H2,1-3H3. The van der Waals surface area contributed by atoms with E-state index < -0.39 is 12.1 Å². The number of methoxy groups -OCH3 is 1. The Hall–Kier alpha value is -2.02. The normalized spacial score (nSPS) is 18.8. The average molecular weight is 279 g/mol. The van der Waals surface area contributed by atoms with Gasteiger partial charge in [-0.25, -0.2) is 4.79 Å². The van der Waals surface area contributed by atoms with Gasteiger partial charge in [0.1, 0.15) is 0 Å². The van der Waals surface area contributed by atoms with Crippen molar-refractivity contribution in [3.05, 3.63) is 23.0 Å². The van der Waals surface area contributed by atoms with Gasteiger partial charge in [0.2, 0.25) is 0 Å².